The summed E-state index contributed by atoms with van der Waals surface area (Å²) < 4.78 is 57.3. The summed E-state index contributed by atoms with van der Waals surface area (Å²) in [7, 11) is 11.7. The van der Waals surface area contributed by atoms with E-state index in [0.717, 1.165) is 0 Å². The highest BCUT2D eigenvalue weighted by molar-refractivity contribution is 6.17. The lowest BCUT2D eigenvalue weighted by Gasteiger charge is -2.12. The van der Waals surface area contributed by atoms with E-state index in [2.05, 4.69) is 0 Å². The summed E-state index contributed by atoms with van der Waals surface area (Å²) in [6.45, 7) is 0. The molecule has 0 bridgehead atoms. The minimum Gasteiger partial charge on any atom is -0.497 e. The third-order valence-corrected chi connectivity index (χ3v) is 8.30. The van der Waals surface area contributed by atoms with Crippen molar-refractivity contribution in [1.29, 1.82) is 0 Å². The number of carbonyl (C=O) groups excluding carboxylic acids is 2. The summed E-state index contributed by atoms with van der Waals surface area (Å²) in [6, 6.07) is 17.0. The highest BCUT2D eigenvalue weighted by Crippen LogP contribution is 2.52. The third kappa shape index (κ3) is 5.74. The van der Waals surface area contributed by atoms with Crippen LogP contribution in [0, 0.1) is 0 Å². The van der Waals surface area contributed by atoms with Gasteiger partial charge in [0.15, 0.2) is 11.5 Å². The molecule has 12 heteroatoms. The highest BCUT2D eigenvalue weighted by Gasteiger charge is 2.32. The zero-order valence-electron chi connectivity index (χ0n) is 28.7. The fourth-order valence-corrected chi connectivity index (χ4v) is 5.96. The lowest BCUT2D eigenvalue weighted by atomic mass is 9.93. The Hall–Kier alpha value is -6.30. The Balaban J connectivity index is 1.86. The summed E-state index contributed by atoms with van der Waals surface area (Å²) in [6.07, 6.45) is 0. The van der Waals surface area contributed by atoms with Gasteiger partial charge in [0.25, 0.3) is 0 Å². The number of carbonyl (C=O) groups is 2. The molecule has 0 aliphatic rings. The van der Waals surface area contributed by atoms with Gasteiger partial charge < -0.3 is 46.7 Å². The van der Waals surface area contributed by atoms with Crippen molar-refractivity contribution in [3.63, 3.8) is 0 Å². The maximum Gasteiger partial charge on any atom is 0.338 e. The van der Waals surface area contributed by atoms with Crippen LogP contribution in [0.4, 0.5) is 0 Å². The molecule has 6 rings (SSSR count). The highest BCUT2D eigenvalue weighted by atomic mass is 16.5. The molecular formula is C38H34O12. The number of ether oxygens (including phenoxy) is 8. The number of methoxy groups -OCH3 is 8. The molecule has 0 unspecified atom stereocenters. The SMILES string of the molecule is COC(=O)c1cc(OC)cc2oc(-c3oc4cc(OC)cc(C(=O)OC)c4c3-c3cc(OC)cc(OC)c3)c(-c3cc(OC)cc(OC)c3)c12. The van der Waals surface area contributed by atoms with Crippen molar-refractivity contribution in [3.05, 3.63) is 71.8 Å². The summed E-state index contributed by atoms with van der Waals surface area (Å²) in [4.78, 5) is 26.8. The number of hydrogen-bond donors (Lipinski definition) is 0. The van der Waals surface area contributed by atoms with E-state index in [0.29, 0.717) is 67.5 Å². The molecule has 2 heterocycles. The second-order valence-corrected chi connectivity index (χ2v) is 10.9. The number of fused-ring (bicyclic) bond motifs is 2. The van der Waals surface area contributed by atoms with Gasteiger partial charge in [-0.2, -0.15) is 0 Å². The third-order valence-electron chi connectivity index (χ3n) is 8.30. The number of benzene rings is 4. The van der Waals surface area contributed by atoms with E-state index in [1.807, 2.05) is 0 Å². The van der Waals surface area contributed by atoms with Crippen LogP contribution in [0.1, 0.15) is 20.7 Å². The maximum atomic E-state index is 13.4. The van der Waals surface area contributed by atoms with Crippen LogP contribution < -0.4 is 28.4 Å². The van der Waals surface area contributed by atoms with Crippen molar-refractivity contribution in [1.82, 2.24) is 0 Å². The smallest absolute Gasteiger partial charge is 0.338 e. The first-order chi connectivity index (χ1) is 24.2. The predicted octanol–water partition coefficient (Wildman–Crippen LogP) is 7.80. The van der Waals surface area contributed by atoms with Crippen LogP contribution in [0.2, 0.25) is 0 Å². The molecule has 0 aliphatic carbocycles. The van der Waals surface area contributed by atoms with E-state index < -0.39 is 11.9 Å². The van der Waals surface area contributed by atoms with Crippen LogP contribution >= 0.6 is 0 Å². The van der Waals surface area contributed by atoms with Crippen LogP contribution in [-0.2, 0) is 9.47 Å². The fourth-order valence-electron chi connectivity index (χ4n) is 5.96. The monoisotopic (exact) mass is 682 g/mol. The quantitative estimate of drug-likeness (QED) is 0.123. The van der Waals surface area contributed by atoms with Crippen molar-refractivity contribution in [2.75, 3.05) is 56.9 Å². The Labute approximate surface area is 286 Å². The molecule has 0 spiro atoms. The van der Waals surface area contributed by atoms with Crippen LogP contribution in [0.25, 0.3) is 55.7 Å². The Bertz CT molecular complexity index is 2050. The molecule has 0 fully saturated rings. The molecule has 12 nitrogen and oxygen atoms in total. The van der Waals surface area contributed by atoms with Gasteiger partial charge in [0.05, 0.1) is 68.0 Å². The van der Waals surface area contributed by atoms with Crippen molar-refractivity contribution in [2.45, 2.75) is 0 Å². The van der Waals surface area contributed by atoms with Gasteiger partial charge in [0.2, 0.25) is 0 Å². The zero-order chi connectivity index (χ0) is 35.7. The molecule has 0 aliphatic heterocycles. The van der Waals surface area contributed by atoms with Gasteiger partial charge in [-0.25, -0.2) is 9.59 Å². The van der Waals surface area contributed by atoms with Crippen molar-refractivity contribution < 1.29 is 56.3 Å². The Morgan fingerprint density at radius 2 is 0.720 bits per heavy atom. The van der Waals surface area contributed by atoms with Crippen LogP contribution in [0.15, 0.2) is 69.5 Å². The molecule has 0 saturated heterocycles. The molecule has 0 saturated carbocycles. The topological polar surface area (TPSA) is 134 Å². The molecule has 4 aromatic carbocycles. The van der Waals surface area contributed by atoms with Crippen molar-refractivity contribution in [2.24, 2.45) is 0 Å². The number of rotatable bonds is 11. The first kappa shape index (κ1) is 33.6. The van der Waals surface area contributed by atoms with Gasteiger partial charge >= 0.3 is 11.9 Å². The van der Waals surface area contributed by atoms with Gasteiger partial charge in [-0.05, 0) is 47.5 Å². The number of hydrogen-bond acceptors (Lipinski definition) is 12. The normalized spacial score (nSPS) is 11.0. The summed E-state index contributed by atoms with van der Waals surface area (Å²) >= 11 is 0. The first-order valence-electron chi connectivity index (χ1n) is 15.1. The minimum atomic E-state index is -0.627. The largest absolute Gasteiger partial charge is 0.497 e. The first-order valence-corrected chi connectivity index (χ1v) is 15.1. The van der Waals surface area contributed by atoms with Gasteiger partial charge in [-0.1, -0.05) is 0 Å². The van der Waals surface area contributed by atoms with Gasteiger partial charge in [0.1, 0.15) is 45.7 Å². The lowest BCUT2D eigenvalue weighted by Crippen LogP contribution is -2.03. The van der Waals surface area contributed by atoms with Gasteiger partial charge in [-0.3, -0.25) is 0 Å². The van der Waals surface area contributed by atoms with E-state index in [9.17, 15) is 9.59 Å². The fraction of sp³-hybridized carbons (Fsp3) is 0.211. The Morgan fingerprint density at radius 1 is 0.420 bits per heavy atom. The Morgan fingerprint density at radius 3 is 1.00 bits per heavy atom. The van der Waals surface area contributed by atoms with Gasteiger partial charge in [-0.15, -0.1) is 0 Å². The van der Waals surface area contributed by atoms with Crippen molar-refractivity contribution in [3.8, 4) is 68.3 Å². The maximum absolute atomic E-state index is 13.4. The Kier molecular flexibility index (Phi) is 9.18. The molecule has 0 atom stereocenters. The number of furan rings is 2. The minimum absolute atomic E-state index is 0.172. The van der Waals surface area contributed by atoms with Crippen LogP contribution in [0.5, 0.6) is 34.5 Å². The molecule has 2 aromatic heterocycles. The van der Waals surface area contributed by atoms with Crippen LogP contribution in [0.3, 0.4) is 0 Å². The van der Waals surface area contributed by atoms with E-state index in [4.69, 9.17) is 46.7 Å². The molecule has 50 heavy (non-hydrogen) atoms. The summed E-state index contributed by atoms with van der Waals surface area (Å²) in [5.74, 6) is 1.78. The molecule has 0 N–H and O–H groups in total. The zero-order valence-corrected chi connectivity index (χ0v) is 28.7. The van der Waals surface area contributed by atoms with E-state index >= 15 is 0 Å². The average molecular weight is 683 g/mol. The van der Waals surface area contributed by atoms with E-state index in [-0.39, 0.29) is 33.8 Å². The van der Waals surface area contributed by atoms with Crippen LogP contribution in [-0.4, -0.2) is 68.8 Å². The second kappa shape index (κ2) is 13.7. The molecule has 0 radical (unpaired) electrons. The standard InChI is InChI=1S/C38H34O12/c1-41-21-9-19(10-22(13-21)42-2)31-33-27(37(39)47-7)15-25(45-5)17-29(33)49-35(31)36-32(20-11-23(43-3)14-24(12-20)44-4)34-28(38(40)48-8)16-26(46-6)18-30(34)50-36/h9-18H,1-8H3. The average Bonchev–Trinajstić information content (AvgIpc) is 3.74. The summed E-state index contributed by atoms with van der Waals surface area (Å²) in [5, 5.41) is 0.812. The van der Waals surface area contributed by atoms with Crippen molar-refractivity contribution >= 4 is 33.9 Å². The molecule has 258 valence electrons. The summed E-state index contributed by atoms with van der Waals surface area (Å²) in [5.41, 5.74) is 2.94. The molecule has 0 amide bonds. The van der Waals surface area contributed by atoms with E-state index in [1.165, 1.54) is 56.9 Å². The second-order valence-electron chi connectivity index (χ2n) is 10.9. The lowest BCUT2D eigenvalue weighted by molar-refractivity contribution is 0.0593. The molecular weight excluding hydrogens is 648 g/mol. The van der Waals surface area contributed by atoms with E-state index in [1.54, 1.807) is 60.7 Å². The van der Waals surface area contributed by atoms with Gasteiger partial charge in [0, 0.05) is 46.2 Å². The molecule has 6 aromatic rings. The number of esters is 2. The predicted molar refractivity (Wildman–Crippen MR) is 184 cm³/mol.